The zero-order valence-electron chi connectivity index (χ0n) is 13.3. The number of amides is 2. The molecule has 1 atom stereocenters. The Balaban J connectivity index is 2.29. The van der Waals surface area contributed by atoms with Crippen LogP contribution < -0.4 is 5.32 Å². The Kier molecular flexibility index (Phi) is 7.07. The highest BCUT2D eigenvalue weighted by Gasteiger charge is 2.44. The Morgan fingerprint density at radius 1 is 1.10 bits per heavy atom. The molecule has 0 aromatic heterocycles. The molecule has 1 unspecified atom stereocenters. The Hall–Kier alpha value is -1.18. The summed E-state index contributed by atoms with van der Waals surface area (Å²) < 4.78 is 15.6. The molecule has 0 bridgehead atoms. The largest absolute Gasteiger partial charge is 0.382 e. The first-order chi connectivity index (χ1) is 9.91. The van der Waals surface area contributed by atoms with Crippen LogP contribution in [0.1, 0.15) is 20.8 Å². The number of hydrogen-bond acceptors (Lipinski definition) is 5. The van der Waals surface area contributed by atoms with E-state index < -0.39 is 11.6 Å². The fourth-order valence-electron chi connectivity index (χ4n) is 2.08. The number of methoxy groups -OCH3 is 1. The number of ether oxygens (including phenoxy) is 3. The molecule has 0 aromatic rings. The van der Waals surface area contributed by atoms with Crippen LogP contribution in [0.5, 0.6) is 0 Å². The van der Waals surface area contributed by atoms with Crippen molar-refractivity contribution < 1.29 is 23.8 Å². The Morgan fingerprint density at radius 2 is 1.67 bits per heavy atom. The molecule has 0 spiro atoms. The molecule has 1 N–H and O–H groups in total. The summed E-state index contributed by atoms with van der Waals surface area (Å²) in [5.41, 5.74) is -0.845. The first-order valence-electron chi connectivity index (χ1n) is 7.18. The van der Waals surface area contributed by atoms with Crippen molar-refractivity contribution in [1.29, 1.82) is 0 Å². The van der Waals surface area contributed by atoms with Crippen molar-refractivity contribution in [3.63, 3.8) is 0 Å². The van der Waals surface area contributed by atoms with Gasteiger partial charge in [0.25, 0.3) is 0 Å². The van der Waals surface area contributed by atoms with Crippen molar-refractivity contribution in [3.8, 4) is 0 Å². The van der Waals surface area contributed by atoms with Crippen molar-refractivity contribution in [2.45, 2.75) is 32.4 Å². The van der Waals surface area contributed by atoms with Crippen molar-refractivity contribution in [2.75, 3.05) is 46.7 Å². The molecule has 7 heteroatoms. The summed E-state index contributed by atoms with van der Waals surface area (Å²) in [6, 6.07) is -0.483. The minimum absolute atomic E-state index is 0.0838. The third kappa shape index (κ3) is 4.94. The lowest BCUT2D eigenvalue weighted by molar-refractivity contribution is -0.155. The highest BCUT2D eigenvalue weighted by atomic mass is 16.5. The summed E-state index contributed by atoms with van der Waals surface area (Å²) >= 11 is 0. The van der Waals surface area contributed by atoms with E-state index in [-0.39, 0.29) is 11.8 Å². The molecule has 0 aromatic carbocycles. The van der Waals surface area contributed by atoms with Crippen LogP contribution in [0.25, 0.3) is 0 Å². The van der Waals surface area contributed by atoms with Crippen LogP contribution >= 0.6 is 0 Å². The Labute approximate surface area is 125 Å². The van der Waals surface area contributed by atoms with Gasteiger partial charge >= 0.3 is 0 Å². The monoisotopic (exact) mass is 302 g/mol. The first-order valence-corrected chi connectivity index (χ1v) is 7.18. The number of nitrogens with zero attached hydrogens (tertiary/aromatic N) is 1. The van der Waals surface area contributed by atoms with Crippen LogP contribution in [0.4, 0.5) is 0 Å². The minimum atomic E-state index is -0.845. The molecule has 1 aliphatic heterocycles. The molecule has 1 aliphatic rings. The molecule has 1 saturated heterocycles. The van der Waals surface area contributed by atoms with Gasteiger partial charge in [-0.1, -0.05) is 0 Å². The molecule has 1 rings (SSSR count). The molecule has 1 heterocycles. The Bertz CT molecular complexity index is 359. The molecule has 2 amide bonds. The molecular weight excluding hydrogens is 276 g/mol. The highest BCUT2D eigenvalue weighted by molar-refractivity contribution is 5.99. The van der Waals surface area contributed by atoms with Crippen molar-refractivity contribution in [1.82, 2.24) is 10.2 Å². The van der Waals surface area contributed by atoms with E-state index in [2.05, 4.69) is 5.32 Å². The molecule has 7 nitrogen and oxygen atoms in total. The second-order valence-electron chi connectivity index (χ2n) is 5.46. The minimum Gasteiger partial charge on any atom is -0.382 e. The van der Waals surface area contributed by atoms with E-state index in [9.17, 15) is 9.59 Å². The van der Waals surface area contributed by atoms with Gasteiger partial charge in [0.05, 0.1) is 33.0 Å². The molecule has 21 heavy (non-hydrogen) atoms. The maximum atomic E-state index is 12.1. The number of carbonyl (C=O) groups excluding carboxylic acids is 2. The smallest absolute Gasteiger partial charge is 0.246 e. The summed E-state index contributed by atoms with van der Waals surface area (Å²) in [6.07, 6.45) is 0. The number of hydrogen-bond donors (Lipinski definition) is 1. The van der Waals surface area contributed by atoms with Gasteiger partial charge < -0.3 is 24.4 Å². The van der Waals surface area contributed by atoms with E-state index in [1.54, 1.807) is 32.8 Å². The fraction of sp³-hybridized carbons (Fsp3) is 0.857. The van der Waals surface area contributed by atoms with E-state index in [4.69, 9.17) is 14.2 Å². The second kappa shape index (κ2) is 8.31. The molecule has 0 saturated carbocycles. The van der Waals surface area contributed by atoms with Crippen molar-refractivity contribution in [2.24, 2.45) is 0 Å². The summed E-state index contributed by atoms with van der Waals surface area (Å²) in [5.74, 6) is -0.225. The van der Waals surface area contributed by atoms with Crippen molar-refractivity contribution >= 4 is 11.8 Å². The van der Waals surface area contributed by atoms with Crippen LogP contribution in [-0.2, 0) is 23.8 Å². The fourth-order valence-corrected chi connectivity index (χ4v) is 2.08. The third-order valence-electron chi connectivity index (χ3n) is 3.48. The maximum absolute atomic E-state index is 12.1. The predicted octanol–water partition coefficient (Wildman–Crippen LogP) is -0.208. The summed E-state index contributed by atoms with van der Waals surface area (Å²) in [4.78, 5) is 25.7. The summed E-state index contributed by atoms with van der Waals surface area (Å²) in [5, 5.41) is 2.68. The quantitative estimate of drug-likeness (QED) is 0.597. The van der Waals surface area contributed by atoms with Gasteiger partial charge in [-0.25, -0.2) is 0 Å². The topological polar surface area (TPSA) is 77.1 Å². The lowest BCUT2D eigenvalue weighted by Gasteiger charge is -2.43. The number of piperazine rings is 1. The number of carbonyl (C=O) groups is 2. The van der Waals surface area contributed by atoms with Gasteiger partial charge in [0.1, 0.15) is 11.6 Å². The van der Waals surface area contributed by atoms with Crippen LogP contribution in [0, 0.1) is 0 Å². The molecule has 1 fully saturated rings. The van der Waals surface area contributed by atoms with Crippen LogP contribution in [0.2, 0.25) is 0 Å². The van der Waals surface area contributed by atoms with Gasteiger partial charge in [-0.05, 0) is 20.8 Å². The maximum Gasteiger partial charge on any atom is 0.246 e. The van der Waals surface area contributed by atoms with E-state index in [0.29, 0.717) is 39.6 Å². The van der Waals surface area contributed by atoms with Gasteiger partial charge in [0.15, 0.2) is 0 Å². The predicted molar refractivity (Wildman–Crippen MR) is 76.9 cm³/mol. The summed E-state index contributed by atoms with van der Waals surface area (Å²) in [6.45, 7) is 7.96. The van der Waals surface area contributed by atoms with Crippen molar-refractivity contribution in [3.05, 3.63) is 0 Å². The average Bonchev–Trinajstić information content (AvgIpc) is 2.43. The Morgan fingerprint density at radius 3 is 2.29 bits per heavy atom. The standard InChI is InChI=1S/C14H26N2O5/c1-11-12(17)16(14(2,3)13(18)15-11)5-6-20-9-10-21-8-7-19-4/h11H,5-10H2,1-4H3,(H,15,18). The third-order valence-corrected chi connectivity index (χ3v) is 3.48. The van der Waals surface area contributed by atoms with Gasteiger partial charge in [-0.15, -0.1) is 0 Å². The summed E-state index contributed by atoms with van der Waals surface area (Å²) in [7, 11) is 1.62. The van der Waals surface area contributed by atoms with Gasteiger partial charge in [0.2, 0.25) is 11.8 Å². The van der Waals surface area contributed by atoms with Crippen LogP contribution in [-0.4, -0.2) is 75.0 Å². The lowest BCUT2D eigenvalue weighted by atomic mass is 9.96. The number of rotatable bonds is 9. The van der Waals surface area contributed by atoms with Crippen LogP contribution in [0.15, 0.2) is 0 Å². The van der Waals surface area contributed by atoms with E-state index in [1.807, 2.05) is 0 Å². The highest BCUT2D eigenvalue weighted by Crippen LogP contribution is 2.20. The SMILES string of the molecule is COCCOCCOCCN1C(=O)C(C)NC(=O)C1(C)C. The van der Waals surface area contributed by atoms with Gasteiger partial charge in [-0.3, -0.25) is 9.59 Å². The van der Waals surface area contributed by atoms with E-state index >= 15 is 0 Å². The normalized spacial score (nSPS) is 21.5. The second-order valence-corrected chi connectivity index (χ2v) is 5.46. The molecule has 0 aliphatic carbocycles. The van der Waals surface area contributed by atoms with E-state index in [1.165, 1.54) is 0 Å². The van der Waals surface area contributed by atoms with E-state index in [0.717, 1.165) is 0 Å². The molecular formula is C14H26N2O5. The molecule has 122 valence electrons. The first kappa shape index (κ1) is 17.9. The number of nitrogens with one attached hydrogen (secondary N) is 1. The van der Waals surface area contributed by atoms with Gasteiger partial charge in [-0.2, -0.15) is 0 Å². The van der Waals surface area contributed by atoms with Gasteiger partial charge in [0, 0.05) is 13.7 Å². The average molecular weight is 302 g/mol. The van der Waals surface area contributed by atoms with Crippen LogP contribution in [0.3, 0.4) is 0 Å². The molecule has 0 radical (unpaired) electrons. The zero-order valence-corrected chi connectivity index (χ0v) is 13.3. The lowest BCUT2D eigenvalue weighted by Crippen LogP contribution is -2.68. The zero-order chi connectivity index (χ0) is 15.9.